The van der Waals surface area contributed by atoms with E-state index in [2.05, 4.69) is 43.5 Å². The van der Waals surface area contributed by atoms with E-state index in [-0.39, 0.29) is 18.2 Å². The lowest BCUT2D eigenvalue weighted by Gasteiger charge is -2.28. The van der Waals surface area contributed by atoms with Crippen molar-refractivity contribution in [1.29, 1.82) is 0 Å². The van der Waals surface area contributed by atoms with Crippen LogP contribution >= 0.6 is 0 Å². The molecule has 2 N–H and O–H groups in total. The van der Waals surface area contributed by atoms with Gasteiger partial charge in [0.25, 0.3) is 0 Å². The SMILES string of the molecule is CC(NC(CNC(=O)OC(C)(C)C)C(C)C)c1ccccc1. The average Bonchev–Trinajstić information content (AvgIpc) is 2.41. The lowest BCUT2D eigenvalue weighted by Crippen LogP contribution is -2.46. The highest BCUT2D eigenvalue weighted by Gasteiger charge is 2.20. The maximum Gasteiger partial charge on any atom is 0.407 e. The van der Waals surface area contributed by atoms with Gasteiger partial charge in [-0.3, -0.25) is 0 Å². The van der Waals surface area contributed by atoms with E-state index in [0.717, 1.165) is 0 Å². The summed E-state index contributed by atoms with van der Waals surface area (Å²) in [6, 6.07) is 10.7. The number of alkyl carbamates (subject to hydrolysis) is 1. The molecule has 0 aromatic heterocycles. The largest absolute Gasteiger partial charge is 0.444 e. The summed E-state index contributed by atoms with van der Waals surface area (Å²) in [6.07, 6.45) is -0.368. The number of nitrogens with one attached hydrogen (secondary N) is 2. The van der Waals surface area contributed by atoms with Crippen LogP contribution in [0, 0.1) is 5.92 Å². The molecule has 0 bridgehead atoms. The van der Waals surface area contributed by atoms with Gasteiger partial charge in [-0.05, 0) is 39.2 Å². The quantitative estimate of drug-likeness (QED) is 0.838. The summed E-state index contributed by atoms with van der Waals surface area (Å²) in [7, 11) is 0. The van der Waals surface area contributed by atoms with E-state index < -0.39 is 5.60 Å². The standard InChI is InChI=1S/C18H30N2O2/c1-13(2)16(12-19-17(21)22-18(4,5)6)20-14(3)15-10-8-7-9-11-15/h7-11,13-14,16,20H,12H2,1-6H3,(H,19,21). The van der Waals surface area contributed by atoms with E-state index in [9.17, 15) is 4.79 Å². The zero-order valence-electron chi connectivity index (χ0n) is 14.6. The van der Waals surface area contributed by atoms with E-state index in [1.54, 1.807) is 0 Å². The second-order valence-electron chi connectivity index (χ2n) is 7.03. The lowest BCUT2D eigenvalue weighted by atomic mass is 10.0. The van der Waals surface area contributed by atoms with Crippen LogP contribution < -0.4 is 10.6 Å². The molecule has 0 aliphatic heterocycles. The maximum atomic E-state index is 11.8. The second kappa shape index (κ2) is 8.18. The van der Waals surface area contributed by atoms with Gasteiger partial charge in [-0.2, -0.15) is 0 Å². The smallest absolute Gasteiger partial charge is 0.407 e. The zero-order valence-corrected chi connectivity index (χ0v) is 14.6. The van der Waals surface area contributed by atoms with Crippen molar-refractivity contribution in [3.05, 3.63) is 35.9 Å². The third-order valence-corrected chi connectivity index (χ3v) is 3.43. The van der Waals surface area contributed by atoms with Crippen LogP contribution in [0.15, 0.2) is 30.3 Å². The number of hydrogen-bond acceptors (Lipinski definition) is 3. The van der Waals surface area contributed by atoms with Gasteiger partial charge < -0.3 is 15.4 Å². The van der Waals surface area contributed by atoms with E-state index in [0.29, 0.717) is 12.5 Å². The summed E-state index contributed by atoms with van der Waals surface area (Å²) in [5, 5.41) is 6.43. The van der Waals surface area contributed by atoms with Gasteiger partial charge in [0.2, 0.25) is 0 Å². The van der Waals surface area contributed by atoms with E-state index in [1.807, 2.05) is 39.0 Å². The first kappa shape index (κ1) is 18.5. The molecule has 4 heteroatoms. The van der Waals surface area contributed by atoms with E-state index >= 15 is 0 Å². The molecule has 0 spiro atoms. The minimum Gasteiger partial charge on any atom is -0.444 e. The van der Waals surface area contributed by atoms with E-state index in [4.69, 9.17) is 4.74 Å². The number of carbonyl (C=O) groups excluding carboxylic acids is 1. The number of amides is 1. The third-order valence-electron chi connectivity index (χ3n) is 3.43. The second-order valence-corrected chi connectivity index (χ2v) is 7.03. The molecule has 0 aliphatic carbocycles. The van der Waals surface area contributed by atoms with Gasteiger partial charge in [0.1, 0.15) is 5.60 Å². The monoisotopic (exact) mass is 306 g/mol. The molecule has 4 nitrogen and oxygen atoms in total. The third kappa shape index (κ3) is 6.94. The van der Waals surface area contributed by atoms with Crippen LogP contribution in [0.25, 0.3) is 0 Å². The predicted molar refractivity (Wildman–Crippen MR) is 90.9 cm³/mol. The summed E-state index contributed by atoms with van der Waals surface area (Å²) in [5.41, 5.74) is 0.771. The van der Waals surface area contributed by atoms with Crippen molar-refractivity contribution in [2.45, 2.75) is 59.2 Å². The summed E-state index contributed by atoms with van der Waals surface area (Å²) in [5.74, 6) is 0.404. The topological polar surface area (TPSA) is 50.4 Å². The van der Waals surface area contributed by atoms with Crippen LogP contribution in [0.5, 0.6) is 0 Å². The molecule has 0 fully saturated rings. The Bertz CT molecular complexity index is 452. The summed E-state index contributed by atoms with van der Waals surface area (Å²) in [6.45, 7) is 12.6. The summed E-state index contributed by atoms with van der Waals surface area (Å²) < 4.78 is 5.28. The molecule has 0 heterocycles. The van der Waals surface area contributed by atoms with Crippen molar-refractivity contribution in [3.63, 3.8) is 0 Å². The molecule has 2 atom stereocenters. The van der Waals surface area contributed by atoms with Crippen LogP contribution in [0.3, 0.4) is 0 Å². The minimum atomic E-state index is -0.470. The maximum absolute atomic E-state index is 11.8. The number of ether oxygens (including phenoxy) is 1. The first-order valence-corrected chi connectivity index (χ1v) is 7.97. The van der Waals surface area contributed by atoms with Crippen LogP contribution in [-0.4, -0.2) is 24.3 Å². The normalized spacial score (nSPS) is 14.5. The molecule has 0 saturated heterocycles. The Morgan fingerprint density at radius 2 is 1.73 bits per heavy atom. The highest BCUT2D eigenvalue weighted by molar-refractivity contribution is 5.67. The van der Waals surface area contributed by atoms with Gasteiger partial charge in [0.15, 0.2) is 0 Å². The molecule has 1 amide bonds. The Hall–Kier alpha value is -1.55. The Kier molecular flexibility index (Phi) is 6.88. The molecule has 2 unspecified atom stereocenters. The Morgan fingerprint density at radius 3 is 2.23 bits per heavy atom. The molecular formula is C18H30N2O2. The van der Waals surface area contributed by atoms with Crippen molar-refractivity contribution in [2.24, 2.45) is 5.92 Å². The van der Waals surface area contributed by atoms with Crippen LogP contribution in [0.2, 0.25) is 0 Å². The van der Waals surface area contributed by atoms with Gasteiger partial charge in [-0.15, -0.1) is 0 Å². The number of rotatable bonds is 6. The Balaban J connectivity index is 2.54. The van der Waals surface area contributed by atoms with Gasteiger partial charge in [-0.1, -0.05) is 44.2 Å². The Labute approximate surface area is 134 Å². The van der Waals surface area contributed by atoms with Crippen LogP contribution in [-0.2, 0) is 4.74 Å². The zero-order chi connectivity index (χ0) is 16.8. The molecule has 0 aliphatic rings. The first-order valence-electron chi connectivity index (χ1n) is 7.97. The minimum absolute atomic E-state index is 0.183. The molecule has 124 valence electrons. The van der Waals surface area contributed by atoms with Gasteiger partial charge in [0, 0.05) is 18.6 Å². The average molecular weight is 306 g/mol. The van der Waals surface area contributed by atoms with Crippen molar-refractivity contribution in [3.8, 4) is 0 Å². The van der Waals surface area contributed by atoms with Crippen LogP contribution in [0.4, 0.5) is 4.79 Å². The molecule has 0 radical (unpaired) electrons. The fraction of sp³-hybridized carbons (Fsp3) is 0.611. The summed E-state index contributed by atoms with van der Waals surface area (Å²) in [4.78, 5) is 11.8. The molecule has 1 aromatic rings. The van der Waals surface area contributed by atoms with Crippen molar-refractivity contribution in [2.75, 3.05) is 6.54 Å². The summed E-state index contributed by atoms with van der Waals surface area (Å²) >= 11 is 0. The van der Waals surface area contributed by atoms with E-state index in [1.165, 1.54) is 5.56 Å². The van der Waals surface area contributed by atoms with Gasteiger partial charge in [-0.25, -0.2) is 4.79 Å². The highest BCUT2D eigenvalue weighted by atomic mass is 16.6. The van der Waals surface area contributed by atoms with Gasteiger partial charge in [0.05, 0.1) is 0 Å². The number of benzene rings is 1. The molecule has 1 rings (SSSR count). The first-order chi connectivity index (χ1) is 10.2. The van der Waals surface area contributed by atoms with Crippen LogP contribution in [0.1, 0.15) is 53.1 Å². The van der Waals surface area contributed by atoms with Gasteiger partial charge >= 0.3 is 6.09 Å². The predicted octanol–water partition coefficient (Wildman–Crippen LogP) is 3.89. The fourth-order valence-corrected chi connectivity index (χ4v) is 2.15. The lowest BCUT2D eigenvalue weighted by molar-refractivity contribution is 0.0518. The number of carbonyl (C=O) groups is 1. The highest BCUT2D eigenvalue weighted by Crippen LogP contribution is 2.14. The molecule has 22 heavy (non-hydrogen) atoms. The van der Waals surface area contributed by atoms with Crippen molar-refractivity contribution >= 4 is 6.09 Å². The molecule has 0 saturated carbocycles. The Morgan fingerprint density at radius 1 is 1.14 bits per heavy atom. The fourth-order valence-electron chi connectivity index (χ4n) is 2.15. The van der Waals surface area contributed by atoms with Crippen molar-refractivity contribution < 1.29 is 9.53 Å². The number of hydrogen-bond donors (Lipinski definition) is 2. The molecular weight excluding hydrogens is 276 g/mol. The van der Waals surface area contributed by atoms with Crippen molar-refractivity contribution in [1.82, 2.24) is 10.6 Å². The molecule has 1 aromatic carbocycles.